The quantitative estimate of drug-likeness (QED) is 0.791. The van der Waals surface area contributed by atoms with Crippen LogP contribution in [0.1, 0.15) is 30.0 Å². The Labute approximate surface area is 122 Å². The van der Waals surface area contributed by atoms with Crippen LogP contribution in [0.4, 0.5) is 0 Å². The van der Waals surface area contributed by atoms with Gasteiger partial charge in [-0.25, -0.2) is 0 Å². The fourth-order valence-electron chi connectivity index (χ4n) is 2.36. The number of hydrogen-bond donors (Lipinski definition) is 0. The second-order valence-electron chi connectivity index (χ2n) is 4.93. The summed E-state index contributed by atoms with van der Waals surface area (Å²) in [6, 6.07) is 1.88. The number of morpholine rings is 1. The zero-order valence-corrected chi connectivity index (χ0v) is 13.2. The minimum Gasteiger partial charge on any atom is -0.371 e. The van der Waals surface area contributed by atoms with Gasteiger partial charge in [-0.2, -0.15) is 5.10 Å². The molecule has 106 valence electrons. The second-order valence-corrected chi connectivity index (χ2v) is 5.58. The van der Waals surface area contributed by atoms with Gasteiger partial charge in [0.15, 0.2) is 0 Å². The average Bonchev–Trinajstić information content (AvgIpc) is 2.78. The van der Waals surface area contributed by atoms with Crippen LogP contribution in [0.25, 0.3) is 0 Å². The highest BCUT2D eigenvalue weighted by Crippen LogP contribution is 2.16. The predicted molar refractivity (Wildman–Crippen MR) is 76.6 cm³/mol. The molecule has 1 aromatic rings. The third-order valence-corrected chi connectivity index (χ3v) is 4.02. The van der Waals surface area contributed by atoms with E-state index in [1.54, 1.807) is 4.68 Å². The number of nitrogens with zero attached hydrogens (tertiary/aromatic N) is 3. The van der Waals surface area contributed by atoms with Crippen molar-refractivity contribution < 1.29 is 9.53 Å². The molecule has 1 fully saturated rings. The first-order chi connectivity index (χ1) is 9.05. The molecule has 1 saturated heterocycles. The molecule has 0 aliphatic carbocycles. The molecule has 1 amide bonds. The van der Waals surface area contributed by atoms with Gasteiger partial charge < -0.3 is 9.64 Å². The Balaban J connectivity index is 2.16. The minimum atomic E-state index is 0.0378. The van der Waals surface area contributed by atoms with Crippen LogP contribution in [0.15, 0.2) is 6.07 Å². The van der Waals surface area contributed by atoms with Crippen molar-refractivity contribution in [1.29, 1.82) is 0 Å². The molecule has 2 rings (SSSR count). The fourth-order valence-corrected chi connectivity index (χ4v) is 2.72. The Hall–Kier alpha value is -0.880. The number of aryl methyl sites for hydroxylation is 2. The highest BCUT2D eigenvalue weighted by molar-refractivity contribution is 9.09. The van der Waals surface area contributed by atoms with E-state index in [-0.39, 0.29) is 18.1 Å². The van der Waals surface area contributed by atoms with Gasteiger partial charge in [-0.3, -0.25) is 9.48 Å². The molecule has 0 N–H and O–H groups in total. The van der Waals surface area contributed by atoms with Gasteiger partial charge in [0.2, 0.25) is 0 Å². The molecule has 2 unspecified atom stereocenters. The van der Waals surface area contributed by atoms with Crippen LogP contribution in [-0.2, 0) is 18.2 Å². The van der Waals surface area contributed by atoms with E-state index in [4.69, 9.17) is 4.74 Å². The van der Waals surface area contributed by atoms with Gasteiger partial charge in [0.05, 0.1) is 17.9 Å². The molecule has 1 aromatic heterocycles. The van der Waals surface area contributed by atoms with Crippen molar-refractivity contribution in [1.82, 2.24) is 14.7 Å². The fraction of sp³-hybridized carbons (Fsp3) is 0.692. The third kappa shape index (κ3) is 3.17. The molecule has 0 spiro atoms. The lowest BCUT2D eigenvalue weighted by atomic mass is 10.2. The number of amides is 1. The van der Waals surface area contributed by atoms with Crippen molar-refractivity contribution in [3.63, 3.8) is 0 Å². The van der Waals surface area contributed by atoms with Crippen LogP contribution >= 0.6 is 15.9 Å². The van der Waals surface area contributed by atoms with Crippen molar-refractivity contribution in [3.8, 4) is 0 Å². The van der Waals surface area contributed by atoms with E-state index >= 15 is 0 Å². The molecule has 6 heteroatoms. The van der Waals surface area contributed by atoms with Gasteiger partial charge in [-0.15, -0.1) is 0 Å². The maximum atomic E-state index is 12.6. The number of ether oxygens (including phenoxy) is 1. The van der Waals surface area contributed by atoms with Gasteiger partial charge in [-0.05, 0) is 19.4 Å². The second kappa shape index (κ2) is 6.05. The molecule has 0 bridgehead atoms. The summed E-state index contributed by atoms with van der Waals surface area (Å²) in [6.07, 6.45) is 0.968. The molecule has 1 aliphatic rings. The molecule has 0 saturated carbocycles. The highest BCUT2D eigenvalue weighted by Gasteiger charge is 2.29. The zero-order chi connectivity index (χ0) is 14.0. The van der Waals surface area contributed by atoms with Crippen LogP contribution in [-0.4, -0.2) is 51.2 Å². The Morgan fingerprint density at radius 3 is 2.89 bits per heavy atom. The number of rotatable bonds is 3. The lowest BCUT2D eigenvalue weighted by Crippen LogP contribution is -2.50. The number of hydrogen-bond acceptors (Lipinski definition) is 3. The minimum absolute atomic E-state index is 0.0378. The van der Waals surface area contributed by atoms with Gasteiger partial charge in [0.25, 0.3) is 5.91 Å². The van der Waals surface area contributed by atoms with E-state index in [1.807, 2.05) is 31.9 Å². The monoisotopic (exact) mass is 329 g/mol. The molecule has 0 radical (unpaired) electrons. The van der Waals surface area contributed by atoms with Crippen molar-refractivity contribution >= 4 is 21.8 Å². The summed E-state index contributed by atoms with van der Waals surface area (Å²) in [6.45, 7) is 5.29. The number of alkyl halides is 1. The number of halogens is 1. The topological polar surface area (TPSA) is 47.4 Å². The van der Waals surface area contributed by atoms with Crippen LogP contribution in [0.3, 0.4) is 0 Å². The molecule has 2 atom stereocenters. The largest absolute Gasteiger partial charge is 0.371 e. The van der Waals surface area contributed by atoms with Gasteiger partial charge in [0.1, 0.15) is 5.69 Å². The van der Waals surface area contributed by atoms with Crippen molar-refractivity contribution in [2.24, 2.45) is 7.05 Å². The standard InChI is InChI=1S/C13H20BrN3O2/c1-4-10-5-12(16(3)15-10)13(18)17-7-9(2)19-11(6-14)8-17/h5,9,11H,4,6-8H2,1-3H3. The van der Waals surface area contributed by atoms with Crippen molar-refractivity contribution in [2.75, 3.05) is 18.4 Å². The van der Waals surface area contributed by atoms with E-state index in [9.17, 15) is 4.79 Å². The Morgan fingerprint density at radius 2 is 2.32 bits per heavy atom. The summed E-state index contributed by atoms with van der Waals surface area (Å²) in [7, 11) is 1.82. The summed E-state index contributed by atoms with van der Waals surface area (Å²) >= 11 is 3.42. The van der Waals surface area contributed by atoms with Gasteiger partial charge in [0, 0.05) is 25.5 Å². The molecular weight excluding hydrogens is 310 g/mol. The molecule has 5 nitrogen and oxygen atoms in total. The maximum absolute atomic E-state index is 12.6. The Kier molecular flexibility index (Phi) is 4.62. The summed E-state index contributed by atoms with van der Waals surface area (Å²) in [5.41, 5.74) is 1.60. The Morgan fingerprint density at radius 1 is 1.58 bits per heavy atom. The maximum Gasteiger partial charge on any atom is 0.272 e. The lowest BCUT2D eigenvalue weighted by molar-refractivity contribution is -0.0562. The number of carbonyl (C=O) groups excluding carboxylic acids is 1. The van der Waals surface area contributed by atoms with E-state index in [2.05, 4.69) is 21.0 Å². The van der Waals surface area contributed by atoms with Gasteiger partial charge in [-0.1, -0.05) is 22.9 Å². The Bertz CT molecular complexity index is 461. The third-order valence-electron chi connectivity index (χ3n) is 3.30. The molecule has 2 heterocycles. The molecule has 0 aromatic carbocycles. The smallest absolute Gasteiger partial charge is 0.272 e. The van der Waals surface area contributed by atoms with Crippen LogP contribution in [0.2, 0.25) is 0 Å². The summed E-state index contributed by atoms with van der Waals surface area (Å²) in [5, 5.41) is 5.07. The first-order valence-electron chi connectivity index (χ1n) is 6.58. The SMILES string of the molecule is CCc1cc(C(=O)N2CC(C)OC(CBr)C2)n(C)n1. The molecule has 1 aliphatic heterocycles. The van der Waals surface area contributed by atoms with Crippen molar-refractivity contribution in [3.05, 3.63) is 17.5 Å². The van der Waals surface area contributed by atoms with Gasteiger partial charge >= 0.3 is 0 Å². The zero-order valence-electron chi connectivity index (χ0n) is 11.6. The van der Waals surface area contributed by atoms with Crippen LogP contribution in [0.5, 0.6) is 0 Å². The van der Waals surface area contributed by atoms with E-state index in [0.29, 0.717) is 18.8 Å². The first-order valence-corrected chi connectivity index (χ1v) is 7.70. The van der Waals surface area contributed by atoms with Crippen molar-refractivity contribution in [2.45, 2.75) is 32.5 Å². The molecular formula is C13H20BrN3O2. The molecule has 19 heavy (non-hydrogen) atoms. The van der Waals surface area contributed by atoms with Crippen LogP contribution in [0, 0.1) is 0 Å². The normalized spacial score (nSPS) is 23.7. The first kappa shape index (κ1) is 14.5. The van der Waals surface area contributed by atoms with E-state index < -0.39 is 0 Å². The average molecular weight is 330 g/mol. The summed E-state index contributed by atoms with van der Waals surface area (Å²) in [5.74, 6) is 0.0378. The predicted octanol–water partition coefficient (Wildman–Crippen LogP) is 1.61. The highest BCUT2D eigenvalue weighted by atomic mass is 79.9. The lowest BCUT2D eigenvalue weighted by Gasteiger charge is -2.36. The summed E-state index contributed by atoms with van der Waals surface area (Å²) < 4.78 is 7.42. The number of carbonyl (C=O) groups is 1. The summed E-state index contributed by atoms with van der Waals surface area (Å²) in [4.78, 5) is 14.4. The van der Waals surface area contributed by atoms with Crippen LogP contribution < -0.4 is 0 Å². The van der Waals surface area contributed by atoms with E-state index in [1.165, 1.54) is 0 Å². The van der Waals surface area contributed by atoms with E-state index in [0.717, 1.165) is 17.4 Å². The number of aromatic nitrogens is 2.